The van der Waals surface area contributed by atoms with Gasteiger partial charge < -0.3 is 9.80 Å². The monoisotopic (exact) mass is 434 g/mol. The molecule has 2 atom stereocenters. The number of nitro groups is 1. The summed E-state index contributed by atoms with van der Waals surface area (Å²) < 4.78 is 0. The zero-order valence-corrected chi connectivity index (χ0v) is 17.9. The summed E-state index contributed by atoms with van der Waals surface area (Å²) in [7, 11) is 0. The molecule has 0 unspecified atom stereocenters. The number of piperazine rings is 1. The molecule has 8 nitrogen and oxygen atoms in total. The molecule has 2 heterocycles. The molecular weight excluding hydrogens is 408 g/mol. The lowest BCUT2D eigenvalue weighted by Gasteiger charge is -2.37. The van der Waals surface area contributed by atoms with Crippen molar-refractivity contribution < 1.29 is 14.5 Å². The van der Waals surface area contributed by atoms with E-state index in [1.54, 1.807) is 12.1 Å². The van der Waals surface area contributed by atoms with Crippen LogP contribution in [0.4, 0.5) is 22.7 Å². The minimum absolute atomic E-state index is 0.0638. The molecule has 1 aliphatic carbocycles. The zero-order chi connectivity index (χ0) is 22.2. The number of para-hydroxylation sites is 1. The minimum Gasteiger partial charge on any atom is -0.368 e. The van der Waals surface area contributed by atoms with E-state index in [0.717, 1.165) is 44.5 Å². The zero-order valence-electron chi connectivity index (χ0n) is 17.9. The lowest BCUT2D eigenvalue weighted by molar-refractivity contribution is -0.384. The number of nitro benzene ring substituents is 1. The Kier molecular flexibility index (Phi) is 5.28. The molecule has 32 heavy (non-hydrogen) atoms. The molecule has 2 aromatic rings. The molecule has 0 spiro atoms. The molecule has 0 bridgehead atoms. The second-order valence-electron chi connectivity index (χ2n) is 8.75. The second-order valence-corrected chi connectivity index (χ2v) is 8.75. The molecule has 166 valence electrons. The lowest BCUT2D eigenvalue weighted by Crippen LogP contribution is -2.46. The quantitative estimate of drug-likeness (QED) is 0.415. The molecule has 0 radical (unpaired) electrons. The van der Waals surface area contributed by atoms with Crippen molar-refractivity contribution in [2.45, 2.75) is 25.7 Å². The number of carbonyl (C=O) groups excluding carboxylic acids is 2. The van der Waals surface area contributed by atoms with Crippen molar-refractivity contribution in [1.29, 1.82) is 0 Å². The van der Waals surface area contributed by atoms with Gasteiger partial charge in [0.1, 0.15) is 5.69 Å². The van der Waals surface area contributed by atoms with E-state index in [-0.39, 0.29) is 29.3 Å². The maximum Gasteiger partial charge on any atom is 0.294 e. The summed E-state index contributed by atoms with van der Waals surface area (Å²) in [6.07, 6.45) is 3.33. The van der Waals surface area contributed by atoms with Crippen molar-refractivity contribution in [2.24, 2.45) is 11.8 Å². The number of hydrogen-bond acceptors (Lipinski definition) is 6. The van der Waals surface area contributed by atoms with Gasteiger partial charge in [0.25, 0.3) is 5.69 Å². The van der Waals surface area contributed by atoms with Crippen LogP contribution in [0.1, 0.15) is 25.7 Å². The first-order valence-corrected chi connectivity index (χ1v) is 11.3. The largest absolute Gasteiger partial charge is 0.368 e. The molecule has 5 rings (SSSR count). The molecule has 0 aromatic heterocycles. The van der Waals surface area contributed by atoms with E-state index in [9.17, 15) is 19.7 Å². The van der Waals surface area contributed by atoms with E-state index in [0.29, 0.717) is 24.5 Å². The second kappa shape index (κ2) is 8.26. The van der Waals surface area contributed by atoms with E-state index in [4.69, 9.17) is 0 Å². The van der Waals surface area contributed by atoms with Crippen LogP contribution in [0, 0.1) is 22.0 Å². The summed E-state index contributed by atoms with van der Waals surface area (Å²) in [4.78, 5) is 42.8. The van der Waals surface area contributed by atoms with Crippen LogP contribution in [0.25, 0.3) is 0 Å². The average molecular weight is 434 g/mol. The molecule has 8 heteroatoms. The van der Waals surface area contributed by atoms with Crippen molar-refractivity contribution in [3.05, 3.63) is 58.6 Å². The molecular formula is C24H26N4O4. The van der Waals surface area contributed by atoms with Gasteiger partial charge in [0, 0.05) is 37.9 Å². The summed E-state index contributed by atoms with van der Waals surface area (Å²) in [6, 6.07) is 14.9. The van der Waals surface area contributed by atoms with E-state index in [1.807, 2.05) is 23.1 Å². The van der Waals surface area contributed by atoms with Gasteiger partial charge in [0.05, 0.1) is 22.4 Å². The Labute approximate surface area is 186 Å². The Bertz CT molecular complexity index is 1030. The number of amides is 2. The van der Waals surface area contributed by atoms with Gasteiger partial charge in [-0.05, 0) is 37.1 Å². The van der Waals surface area contributed by atoms with Gasteiger partial charge in [-0.25, -0.2) is 4.90 Å². The van der Waals surface area contributed by atoms with Crippen LogP contribution in [-0.2, 0) is 9.59 Å². The van der Waals surface area contributed by atoms with Crippen molar-refractivity contribution >= 4 is 34.6 Å². The Balaban J connectivity index is 1.38. The van der Waals surface area contributed by atoms with Crippen LogP contribution < -0.4 is 14.7 Å². The summed E-state index contributed by atoms with van der Waals surface area (Å²) >= 11 is 0. The number of anilines is 3. The number of fused-ring (bicyclic) bond motifs is 1. The van der Waals surface area contributed by atoms with E-state index in [2.05, 4.69) is 17.0 Å². The Morgan fingerprint density at radius 1 is 0.781 bits per heavy atom. The van der Waals surface area contributed by atoms with E-state index >= 15 is 0 Å². The third kappa shape index (κ3) is 3.49. The average Bonchev–Trinajstić information content (AvgIpc) is 3.09. The van der Waals surface area contributed by atoms with Gasteiger partial charge >= 0.3 is 0 Å². The number of nitrogens with zero attached hydrogens (tertiary/aromatic N) is 4. The molecule has 2 aromatic carbocycles. The Morgan fingerprint density at radius 2 is 1.38 bits per heavy atom. The fourth-order valence-corrected chi connectivity index (χ4v) is 5.33. The first-order valence-electron chi connectivity index (χ1n) is 11.3. The first kappa shape index (κ1) is 20.5. The smallest absolute Gasteiger partial charge is 0.294 e. The Morgan fingerprint density at radius 3 is 1.97 bits per heavy atom. The van der Waals surface area contributed by atoms with Crippen molar-refractivity contribution in [2.75, 3.05) is 40.9 Å². The summed E-state index contributed by atoms with van der Waals surface area (Å²) in [6.45, 7) is 2.83. The van der Waals surface area contributed by atoms with E-state index < -0.39 is 4.92 Å². The van der Waals surface area contributed by atoms with E-state index in [1.165, 1.54) is 11.0 Å². The molecule has 2 amide bonds. The molecule has 3 fully saturated rings. The summed E-state index contributed by atoms with van der Waals surface area (Å²) in [5, 5.41) is 11.9. The standard InChI is InChI=1S/C24H26N4O4/c29-23-19-8-4-5-9-20(19)24(30)27(23)18-10-11-21(22(16-18)28(31)32)26-14-12-25(13-15-26)17-6-2-1-3-7-17/h1-3,6-7,10-11,16,19-20H,4-5,8-9,12-15H2/t19-,20-/m0/s1. The highest BCUT2D eigenvalue weighted by Gasteiger charge is 2.49. The maximum atomic E-state index is 12.9. The van der Waals surface area contributed by atoms with Crippen molar-refractivity contribution in [1.82, 2.24) is 0 Å². The maximum absolute atomic E-state index is 12.9. The molecule has 1 saturated carbocycles. The summed E-state index contributed by atoms with van der Waals surface area (Å²) in [5.41, 5.74) is 1.92. The van der Waals surface area contributed by atoms with Gasteiger partial charge in [0.2, 0.25) is 11.8 Å². The minimum atomic E-state index is -0.416. The van der Waals surface area contributed by atoms with Gasteiger partial charge in [-0.1, -0.05) is 31.0 Å². The molecule has 0 N–H and O–H groups in total. The fourth-order valence-electron chi connectivity index (χ4n) is 5.33. The highest BCUT2D eigenvalue weighted by Crippen LogP contribution is 2.42. The number of carbonyl (C=O) groups is 2. The highest BCUT2D eigenvalue weighted by molar-refractivity contribution is 6.22. The van der Waals surface area contributed by atoms with Crippen LogP contribution in [0.2, 0.25) is 0 Å². The third-order valence-electron chi connectivity index (χ3n) is 7.00. The van der Waals surface area contributed by atoms with Crippen LogP contribution in [-0.4, -0.2) is 42.9 Å². The van der Waals surface area contributed by atoms with Gasteiger partial charge in [0.15, 0.2) is 0 Å². The highest BCUT2D eigenvalue weighted by atomic mass is 16.6. The number of benzene rings is 2. The van der Waals surface area contributed by atoms with Crippen LogP contribution in [0.5, 0.6) is 0 Å². The van der Waals surface area contributed by atoms with Gasteiger partial charge in [-0.2, -0.15) is 0 Å². The molecule has 3 aliphatic rings. The predicted octanol–water partition coefficient (Wildman–Crippen LogP) is 3.60. The number of rotatable bonds is 4. The predicted molar refractivity (Wildman–Crippen MR) is 122 cm³/mol. The fraction of sp³-hybridized carbons (Fsp3) is 0.417. The van der Waals surface area contributed by atoms with Crippen LogP contribution in [0.15, 0.2) is 48.5 Å². The molecule has 2 saturated heterocycles. The number of imide groups is 1. The van der Waals surface area contributed by atoms with Crippen LogP contribution in [0.3, 0.4) is 0 Å². The lowest BCUT2D eigenvalue weighted by atomic mass is 9.81. The Hall–Kier alpha value is -3.42. The van der Waals surface area contributed by atoms with Crippen molar-refractivity contribution in [3.8, 4) is 0 Å². The summed E-state index contributed by atoms with van der Waals surface area (Å²) in [5.74, 6) is -0.974. The van der Waals surface area contributed by atoms with Gasteiger partial charge in [-0.15, -0.1) is 0 Å². The first-order chi connectivity index (χ1) is 15.5. The third-order valence-corrected chi connectivity index (χ3v) is 7.00. The van der Waals surface area contributed by atoms with Crippen LogP contribution >= 0.6 is 0 Å². The molecule has 2 aliphatic heterocycles. The SMILES string of the molecule is O=C1[C@H]2CCCC[C@@H]2C(=O)N1c1ccc(N2CCN(c3ccccc3)CC2)c([N+](=O)[O-])c1. The number of hydrogen-bond donors (Lipinski definition) is 0. The topological polar surface area (TPSA) is 87.0 Å². The normalized spacial score (nSPS) is 23.4. The van der Waals surface area contributed by atoms with Gasteiger partial charge in [-0.3, -0.25) is 19.7 Å². The van der Waals surface area contributed by atoms with Crippen molar-refractivity contribution in [3.63, 3.8) is 0 Å².